The van der Waals surface area contributed by atoms with Crippen molar-refractivity contribution in [3.63, 3.8) is 0 Å². The van der Waals surface area contributed by atoms with Crippen molar-refractivity contribution in [1.29, 1.82) is 0 Å². The Kier molecular flexibility index (Phi) is 19.2. The molecule has 378 valence electrons. The standard InChI is InChI=1S/C14H8N2O2.C14H9NO.C10H6N2O2.C10H7NO.C6H4N2O2.C6H5NO/c17-15-13-9-5-1-2-6-10(9)14(16-18)12-8-4-3-7-11(12)13;16-15-14-12-7-3-1-5-10(12)9-11-6-2-4-8-13(11)14;13-11-9-5-6-10(12-14)8-4-2-1-3-7(8)9;12-11-10-7-3-5-8-4-1-2-6-9(8)10;9-7-5-1-2-6(8-10)4-3-5;8-7-6-4-2-1-3-5-6/h1-8H;1-9H;1-6H;1-7H;1-4H;1-5H. The Morgan fingerprint density at radius 1 is 0.179 bits per heavy atom. The molecule has 12 rings (SSSR count). The van der Waals surface area contributed by atoms with E-state index in [2.05, 4.69) is 52.7 Å². The Labute approximate surface area is 441 Å². The van der Waals surface area contributed by atoms with Gasteiger partial charge in [-0.15, -0.1) is 44.2 Å². The molecule has 0 heterocycles. The molecule has 18 nitrogen and oxygen atoms in total. The van der Waals surface area contributed by atoms with Crippen molar-refractivity contribution < 1.29 is 0 Å². The Balaban J connectivity index is 0.000000138. The highest BCUT2D eigenvalue weighted by molar-refractivity contribution is 6.18. The van der Waals surface area contributed by atoms with Crippen LogP contribution in [0.3, 0.4) is 0 Å². The first-order valence-electron chi connectivity index (χ1n) is 23.3. The van der Waals surface area contributed by atoms with E-state index in [4.69, 9.17) is 0 Å². The van der Waals surface area contributed by atoms with Gasteiger partial charge in [0.25, 0.3) is 0 Å². The molecule has 0 aromatic heterocycles. The minimum absolute atomic E-state index is 0.299. The maximum Gasteiger partial charge on any atom is 0.123 e. The average Bonchev–Trinajstić information content (AvgIpc) is 3.58. The van der Waals surface area contributed by atoms with Crippen LogP contribution in [0.5, 0.6) is 0 Å². The molecular weight excluding hydrogens is 991 g/mol. The normalized spacial score (nSPS) is 10.0. The van der Waals surface area contributed by atoms with Gasteiger partial charge in [0, 0.05) is 48.5 Å². The predicted molar refractivity (Wildman–Crippen MR) is 313 cm³/mol. The minimum atomic E-state index is 0.299. The molecule has 0 aliphatic rings. The molecule has 0 N–H and O–H groups in total. The lowest BCUT2D eigenvalue weighted by Gasteiger charge is -2.07. The van der Waals surface area contributed by atoms with E-state index in [-0.39, 0.29) is 0 Å². The monoisotopic (exact) mass is 1030 g/mol. The lowest BCUT2D eigenvalue weighted by Crippen LogP contribution is -1.80. The molecule has 18 heteroatoms. The molecular formula is C60H39N9O9. The molecule has 0 fully saturated rings. The van der Waals surface area contributed by atoms with E-state index < -0.39 is 0 Å². The van der Waals surface area contributed by atoms with Crippen LogP contribution in [0.1, 0.15) is 0 Å². The smallest absolute Gasteiger partial charge is 0.123 e. The Morgan fingerprint density at radius 2 is 0.462 bits per heavy atom. The molecule has 0 saturated carbocycles. The second-order valence-electron chi connectivity index (χ2n) is 16.3. The largest absolute Gasteiger partial charge is 0.145 e. The van der Waals surface area contributed by atoms with Crippen molar-refractivity contribution in [2.24, 2.45) is 46.6 Å². The van der Waals surface area contributed by atoms with Gasteiger partial charge in [0.1, 0.15) is 51.2 Å². The zero-order chi connectivity index (χ0) is 55.1. The zero-order valence-corrected chi connectivity index (χ0v) is 40.7. The van der Waals surface area contributed by atoms with Gasteiger partial charge in [0.2, 0.25) is 0 Å². The summed E-state index contributed by atoms with van der Waals surface area (Å²) in [5, 5.41) is 35.9. The van der Waals surface area contributed by atoms with Gasteiger partial charge in [-0.3, -0.25) is 0 Å². The molecule has 12 aromatic carbocycles. The summed E-state index contributed by atoms with van der Waals surface area (Å²) in [5.74, 6) is 0. The fraction of sp³-hybridized carbons (Fsp3) is 0. The van der Waals surface area contributed by atoms with Crippen molar-refractivity contribution in [2.75, 3.05) is 0 Å². The molecule has 12 aromatic rings. The minimum Gasteiger partial charge on any atom is -0.145 e. The van der Waals surface area contributed by atoms with Crippen LogP contribution in [0.15, 0.2) is 283 Å². The highest BCUT2D eigenvalue weighted by Gasteiger charge is 2.14. The molecule has 0 radical (unpaired) electrons. The van der Waals surface area contributed by atoms with Crippen LogP contribution in [0.2, 0.25) is 0 Å². The number of nitrogens with zero attached hydrogens (tertiary/aromatic N) is 9. The molecule has 0 atom stereocenters. The van der Waals surface area contributed by atoms with Gasteiger partial charge >= 0.3 is 0 Å². The van der Waals surface area contributed by atoms with E-state index in [1.54, 1.807) is 103 Å². The highest BCUT2D eigenvalue weighted by Crippen LogP contribution is 2.42. The van der Waals surface area contributed by atoms with Gasteiger partial charge in [0.05, 0.1) is 0 Å². The number of hydrogen-bond acceptors (Lipinski definition) is 18. The third-order valence-electron chi connectivity index (χ3n) is 11.8. The summed E-state index contributed by atoms with van der Waals surface area (Å²) in [4.78, 5) is 93.9. The fourth-order valence-electron chi connectivity index (χ4n) is 8.14. The summed E-state index contributed by atoms with van der Waals surface area (Å²) in [7, 11) is 0. The predicted octanol–water partition coefficient (Wildman–Crippen LogP) is 20.6. The van der Waals surface area contributed by atoms with Crippen molar-refractivity contribution in [3.8, 4) is 0 Å². The van der Waals surface area contributed by atoms with Gasteiger partial charge in [0.15, 0.2) is 0 Å². The highest BCUT2D eigenvalue weighted by atomic mass is 16.3. The summed E-state index contributed by atoms with van der Waals surface area (Å²) < 4.78 is 0. The first kappa shape index (κ1) is 54.4. The Morgan fingerprint density at radius 3 is 0.821 bits per heavy atom. The number of hydrogen-bond donors (Lipinski definition) is 0. The number of nitroso groups, excluding NO2 is 9. The second-order valence-corrected chi connectivity index (χ2v) is 16.3. The first-order valence-corrected chi connectivity index (χ1v) is 23.3. The van der Waals surface area contributed by atoms with Crippen LogP contribution in [0.4, 0.5) is 51.2 Å². The first-order chi connectivity index (χ1) is 38.3. The molecule has 0 aliphatic carbocycles. The SMILES string of the molecule is O=Nc1c2ccccc2c(N=O)c2ccccc12.O=Nc1c2ccccc2cc2ccccc12.O=Nc1ccc(N=O)c2ccccc12.O=Nc1ccc(N=O)cc1.O=Nc1cccc2ccccc12.O=Nc1ccccc1. The maximum absolute atomic E-state index is 11.1. The van der Waals surface area contributed by atoms with Crippen LogP contribution >= 0.6 is 0 Å². The number of benzene rings is 12. The molecule has 0 spiro atoms. The van der Waals surface area contributed by atoms with Crippen LogP contribution in [-0.2, 0) is 0 Å². The van der Waals surface area contributed by atoms with Crippen molar-refractivity contribution in [1.82, 2.24) is 0 Å². The van der Waals surface area contributed by atoms with Crippen molar-refractivity contribution >= 4 is 116 Å². The molecule has 78 heavy (non-hydrogen) atoms. The summed E-state index contributed by atoms with van der Waals surface area (Å²) in [6.45, 7) is 0. The van der Waals surface area contributed by atoms with Crippen molar-refractivity contribution in [2.45, 2.75) is 0 Å². The Hall–Kier alpha value is -11.4. The number of fused-ring (bicyclic) bond motifs is 6. The summed E-state index contributed by atoms with van der Waals surface area (Å²) in [5.41, 5.74) is 3.48. The van der Waals surface area contributed by atoms with Crippen LogP contribution < -0.4 is 0 Å². The van der Waals surface area contributed by atoms with Gasteiger partial charge in [-0.1, -0.05) is 176 Å². The lowest BCUT2D eigenvalue weighted by atomic mass is 9.99. The van der Waals surface area contributed by atoms with Gasteiger partial charge in [-0.2, -0.15) is 0 Å². The topological polar surface area (TPSA) is 265 Å². The van der Waals surface area contributed by atoms with Gasteiger partial charge in [-0.25, -0.2) is 0 Å². The average molecular weight is 1030 g/mol. The quantitative estimate of drug-likeness (QED) is 0.0981. The maximum atomic E-state index is 11.1. The Bertz CT molecular complexity index is 3890. The van der Waals surface area contributed by atoms with E-state index in [1.165, 1.54) is 36.4 Å². The lowest BCUT2D eigenvalue weighted by molar-refractivity contribution is 1.45. The zero-order valence-electron chi connectivity index (χ0n) is 40.7. The number of rotatable bonds is 9. The third-order valence-corrected chi connectivity index (χ3v) is 11.8. The molecule has 0 aliphatic heterocycles. The van der Waals surface area contributed by atoms with Crippen molar-refractivity contribution in [3.05, 3.63) is 281 Å². The fourth-order valence-corrected chi connectivity index (χ4v) is 8.14. The summed E-state index contributed by atoms with van der Waals surface area (Å²) in [6, 6.07) is 69.7. The van der Waals surface area contributed by atoms with E-state index in [0.717, 1.165) is 32.3 Å². The summed E-state index contributed by atoms with van der Waals surface area (Å²) in [6.07, 6.45) is 0. The molecule has 0 unspecified atom stereocenters. The van der Waals surface area contributed by atoms with Crippen LogP contribution in [0, 0.1) is 44.2 Å². The molecule has 0 amide bonds. The van der Waals surface area contributed by atoms with Crippen LogP contribution in [0.25, 0.3) is 64.6 Å². The van der Waals surface area contributed by atoms with E-state index in [9.17, 15) is 44.2 Å². The third kappa shape index (κ3) is 13.0. The van der Waals surface area contributed by atoms with E-state index in [0.29, 0.717) is 83.5 Å². The van der Waals surface area contributed by atoms with Gasteiger partial charge < -0.3 is 0 Å². The molecule has 0 saturated heterocycles. The van der Waals surface area contributed by atoms with Gasteiger partial charge in [-0.05, 0) is 123 Å². The molecule has 0 bridgehead atoms. The van der Waals surface area contributed by atoms with E-state index in [1.807, 2.05) is 91.0 Å². The second kappa shape index (κ2) is 27.6. The van der Waals surface area contributed by atoms with E-state index >= 15 is 0 Å². The summed E-state index contributed by atoms with van der Waals surface area (Å²) >= 11 is 0. The van der Waals surface area contributed by atoms with Crippen LogP contribution in [-0.4, -0.2) is 0 Å².